The summed E-state index contributed by atoms with van der Waals surface area (Å²) in [6.07, 6.45) is 2.21. The molecule has 25 heavy (non-hydrogen) atoms. The fraction of sp³-hybridized carbons (Fsp3) is 0.889. The molecular weight excluding hydrogens is 431 g/mol. The van der Waals surface area contributed by atoms with Crippen LogP contribution in [0.5, 0.6) is 0 Å². The Balaban J connectivity index is 0. The minimum absolute atomic E-state index is 0. The Hall–Kier alpha value is -0.570. The fourth-order valence-electron chi connectivity index (χ4n) is 2.57. The normalized spacial score (nSPS) is 11.6. The average molecular weight is 470 g/mol. The maximum atomic E-state index is 11.3. The molecule has 0 aromatic heterocycles. The molecule has 0 unspecified atom stereocenters. The van der Waals surface area contributed by atoms with Crippen molar-refractivity contribution < 1.29 is 9.53 Å². The molecule has 0 aliphatic heterocycles. The molecule has 0 radical (unpaired) electrons. The third-order valence-electron chi connectivity index (χ3n) is 3.67. The zero-order valence-corrected chi connectivity index (χ0v) is 19.3. The Morgan fingerprint density at radius 2 is 1.72 bits per heavy atom. The van der Waals surface area contributed by atoms with Crippen molar-refractivity contribution >= 4 is 35.9 Å². The molecule has 0 aliphatic carbocycles. The molecular formula is C18H39IN4O2. The van der Waals surface area contributed by atoms with Gasteiger partial charge < -0.3 is 15.4 Å². The fourth-order valence-corrected chi connectivity index (χ4v) is 2.57. The van der Waals surface area contributed by atoms with Gasteiger partial charge in [0.05, 0.1) is 6.61 Å². The van der Waals surface area contributed by atoms with Crippen molar-refractivity contribution in [2.45, 2.75) is 72.9 Å². The van der Waals surface area contributed by atoms with Crippen LogP contribution in [-0.4, -0.2) is 61.7 Å². The van der Waals surface area contributed by atoms with Crippen LogP contribution in [0.3, 0.4) is 0 Å². The van der Waals surface area contributed by atoms with Gasteiger partial charge in [-0.2, -0.15) is 0 Å². The highest BCUT2D eigenvalue weighted by Crippen LogP contribution is 2.05. The number of nitrogens with zero attached hydrogens (tertiary/aromatic N) is 2. The van der Waals surface area contributed by atoms with Gasteiger partial charge in [-0.1, -0.05) is 0 Å². The average Bonchev–Trinajstić information content (AvgIpc) is 2.50. The van der Waals surface area contributed by atoms with Crippen molar-refractivity contribution in [3.8, 4) is 0 Å². The van der Waals surface area contributed by atoms with Gasteiger partial charge in [0.2, 0.25) is 0 Å². The molecule has 150 valence electrons. The Morgan fingerprint density at radius 3 is 2.24 bits per heavy atom. The zero-order valence-electron chi connectivity index (χ0n) is 16.9. The molecule has 0 bridgehead atoms. The Kier molecular flexibility index (Phi) is 18.0. The second kappa shape index (κ2) is 16.9. The first-order valence-electron chi connectivity index (χ1n) is 9.35. The molecule has 0 rings (SSSR count). The second-order valence-corrected chi connectivity index (χ2v) is 6.37. The lowest BCUT2D eigenvalue weighted by atomic mass is 10.2. The van der Waals surface area contributed by atoms with Crippen molar-refractivity contribution in [2.75, 3.05) is 32.8 Å². The predicted octanol–water partition coefficient (Wildman–Crippen LogP) is 3.01. The van der Waals surface area contributed by atoms with E-state index >= 15 is 0 Å². The van der Waals surface area contributed by atoms with E-state index in [1.807, 2.05) is 6.92 Å². The van der Waals surface area contributed by atoms with Crippen molar-refractivity contribution in [3.05, 3.63) is 0 Å². The molecule has 2 N–H and O–H groups in total. The van der Waals surface area contributed by atoms with Crippen LogP contribution in [0.1, 0.15) is 60.8 Å². The lowest BCUT2D eigenvalue weighted by Gasteiger charge is -2.30. The molecule has 6 nitrogen and oxygen atoms in total. The minimum atomic E-state index is -0.145. The summed E-state index contributed by atoms with van der Waals surface area (Å²) in [5.41, 5.74) is 0. The molecule has 0 spiro atoms. The minimum Gasteiger partial charge on any atom is -0.466 e. The van der Waals surface area contributed by atoms with Gasteiger partial charge in [0.1, 0.15) is 0 Å². The Bertz CT molecular complexity index is 355. The number of hydrogen-bond donors (Lipinski definition) is 2. The summed E-state index contributed by atoms with van der Waals surface area (Å²) in [6.45, 7) is 16.7. The van der Waals surface area contributed by atoms with E-state index in [2.05, 4.69) is 55.1 Å². The highest BCUT2D eigenvalue weighted by Gasteiger charge is 2.12. The van der Waals surface area contributed by atoms with Crippen LogP contribution < -0.4 is 10.6 Å². The Labute approximate surface area is 171 Å². The summed E-state index contributed by atoms with van der Waals surface area (Å²) >= 11 is 0. The van der Waals surface area contributed by atoms with Crippen LogP contribution >= 0.6 is 24.0 Å². The molecule has 7 heteroatoms. The van der Waals surface area contributed by atoms with E-state index < -0.39 is 0 Å². The smallest absolute Gasteiger partial charge is 0.305 e. The van der Waals surface area contributed by atoms with E-state index in [0.717, 1.165) is 32.0 Å². The molecule has 0 fully saturated rings. The lowest BCUT2D eigenvalue weighted by Crippen LogP contribution is -2.41. The van der Waals surface area contributed by atoms with E-state index in [-0.39, 0.29) is 29.9 Å². The van der Waals surface area contributed by atoms with Crippen LogP contribution in [0.15, 0.2) is 4.99 Å². The van der Waals surface area contributed by atoms with Crippen LogP contribution in [-0.2, 0) is 9.53 Å². The number of esters is 1. The van der Waals surface area contributed by atoms with Gasteiger partial charge in [0, 0.05) is 44.7 Å². The lowest BCUT2D eigenvalue weighted by molar-refractivity contribution is -0.143. The number of nitrogens with one attached hydrogen (secondary N) is 2. The van der Waals surface area contributed by atoms with Gasteiger partial charge in [-0.3, -0.25) is 14.7 Å². The standard InChI is InChI=1S/C18H38N4O2.HI/c1-7-19-18(20-12-9-11-17(23)24-8-2)21-13-10-14-22(15(3)4)16(5)6;/h15-16H,7-14H2,1-6H3,(H2,19,20,21);1H. The van der Waals surface area contributed by atoms with Crippen LogP contribution in [0, 0.1) is 0 Å². The molecule has 0 aromatic rings. The third kappa shape index (κ3) is 14.3. The summed E-state index contributed by atoms with van der Waals surface area (Å²) in [5.74, 6) is 0.676. The number of carbonyl (C=O) groups is 1. The number of carbonyl (C=O) groups excluding carboxylic acids is 1. The zero-order chi connectivity index (χ0) is 18.4. The van der Waals surface area contributed by atoms with Crippen molar-refractivity contribution in [3.63, 3.8) is 0 Å². The summed E-state index contributed by atoms with van der Waals surface area (Å²) in [7, 11) is 0. The van der Waals surface area contributed by atoms with Gasteiger partial charge >= 0.3 is 5.97 Å². The van der Waals surface area contributed by atoms with E-state index in [1.165, 1.54) is 0 Å². The van der Waals surface area contributed by atoms with Crippen molar-refractivity contribution in [1.29, 1.82) is 0 Å². The van der Waals surface area contributed by atoms with Crippen molar-refractivity contribution in [1.82, 2.24) is 15.5 Å². The quantitative estimate of drug-likeness (QED) is 0.151. The molecule has 0 saturated heterocycles. The van der Waals surface area contributed by atoms with E-state index in [1.54, 1.807) is 0 Å². The topological polar surface area (TPSA) is 66.0 Å². The molecule has 0 amide bonds. The monoisotopic (exact) mass is 470 g/mol. The number of aliphatic imine (C=N–C) groups is 1. The number of rotatable bonds is 12. The molecule has 0 saturated carbocycles. The summed E-state index contributed by atoms with van der Waals surface area (Å²) < 4.78 is 4.91. The first kappa shape index (κ1) is 26.7. The van der Waals surface area contributed by atoms with Gasteiger partial charge in [0.25, 0.3) is 0 Å². The van der Waals surface area contributed by atoms with Crippen LogP contribution in [0.25, 0.3) is 0 Å². The maximum absolute atomic E-state index is 11.3. The van der Waals surface area contributed by atoms with Crippen LogP contribution in [0.2, 0.25) is 0 Å². The van der Waals surface area contributed by atoms with Gasteiger partial charge in [-0.15, -0.1) is 24.0 Å². The van der Waals surface area contributed by atoms with Gasteiger partial charge in [0.15, 0.2) is 5.96 Å². The second-order valence-electron chi connectivity index (χ2n) is 6.37. The van der Waals surface area contributed by atoms with Crippen LogP contribution in [0.4, 0.5) is 0 Å². The van der Waals surface area contributed by atoms with Gasteiger partial charge in [-0.05, 0) is 54.4 Å². The van der Waals surface area contributed by atoms with E-state index in [4.69, 9.17) is 4.74 Å². The number of guanidine groups is 1. The molecule has 0 aromatic carbocycles. The van der Waals surface area contributed by atoms with E-state index in [0.29, 0.717) is 38.1 Å². The number of hydrogen-bond acceptors (Lipinski definition) is 4. The van der Waals surface area contributed by atoms with Gasteiger partial charge in [-0.25, -0.2) is 0 Å². The SMILES string of the molecule is CCNC(=NCCCC(=O)OCC)NCCCN(C(C)C)C(C)C.I. The largest absolute Gasteiger partial charge is 0.466 e. The predicted molar refractivity (Wildman–Crippen MR) is 117 cm³/mol. The first-order valence-corrected chi connectivity index (χ1v) is 9.35. The molecule has 0 aliphatic rings. The summed E-state index contributed by atoms with van der Waals surface area (Å²) in [4.78, 5) is 18.3. The summed E-state index contributed by atoms with van der Waals surface area (Å²) in [6, 6.07) is 1.13. The summed E-state index contributed by atoms with van der Waals surface area (Å²) in [5, 5.41) is 6.60. The number of ether oxygens (including phenoxy) is 1. The van der Waals surface area contributed by atoms with E-state index in [9.17, 15) is 4.79 Å². The number of halogens is 1. The van der Waals surface area contributed by atoms with Crippen molar-refractivity contribution in [2.24, 2.45) is 4.99 Å². The highest BCUT2D eigenvalue weighted by molar-refractivity contribution is 14.0. The first-order chi connectivity index (χ1) is 11.4. The molecule has 0 atom stereocenters. The molecule has 0 heterocycles. The Morgan fingerprint density at radius 1 is 1.08 bits per heavy atom. The maximum Gasteiger partial charge on any atom is 0.305 e. The highest BCUT2D eigenvalue weighted by atomic mass is 127. The third-order valence-corrected chi connectivity index (χ3v) is 3.67.